The molecule has 28 heavy (non-hydrogen) atoms. The van der Waals surface area contributed by atoms with Crippen LogP contribution in [0.25, 0.3) is 0 Å². The van der Waals surface area contributed by atoms with E-state index in [-0.39, 0.29) is 12.5 Å². The maximum atomic E-state index is 11.9. The molecule has 1 unspecified atom stereocenters. The van der Waals surface area contributed by atoms with Gasteiger partial charge in [-0.15, -0.1) is 0 Å². The van der Waals surface area contributed by atoms with Crippen molar-refractivity contribution in [2.75, 3.05) is 60.0 Å². The van der Waals surface area contributed by atoms with E-state index in [0.717, 1.165) is 32.7 Å². The third-order valence-electron chi connectivity index (χ3n) is 5.19. The van der Waals surface area contributed by atoms with E-state index in [9.17, 15) is 4.79 Å². The van der Waals surface area contributed by atoms with Crippen molar-refractivity contribution < 1.29 is 9.53 Å². The number of aliphatic imine (C=N–C) groups is 1. The van der Waals surface area contributed by atoms with Gasteiger partial charge in [-0.3, -0.25) is 9.69 Å². The summed E-state index contributed by atoms with van der Waals surface area (Å²) in [5.41, 5.74) is 0. The molecular weight excluding hydrogens is 354 g/mol. The summed E-state index contributed by atoms with van der Waals surface area (Å²) in [5, 5.41) is 6.84. The van der Waals surface area contributed by atoms with Gasteiger partial charge in [-0.2, -0.15) is 0 Å². The average molecular weight is 398 g/mol. The quantitative estimate of drug-likeness (QED) is 0.317. The van der Waals surface area contributed by atoms with Crippen molar-refractivity contribution in [3.8, 4) is 0 Å². The lowest BCUT2D eigenvalue weighted by Crippen LogP contribution is -2.50. The van der Waals surface area contributed by atoms with Gasteiger partial charge in [0.05, 0.1) is 0 Å². The van der Waals surface area contributed by atoms with E-state index in [1.165, 1.54) is 38.8 Å². The molecule has 1 fully saturated rings. The molecule has 1 rings (SSSR count). The van der Waals surface area contributed by atoms with E-state index in [1.54, 1.807) is 19.0 Å². The van der Waals surface area contributed by atoms with Crippen LogP contribution in [0.2, 0.25) is 0 Å². The molecular formula is C21H43N5O2. The highest BCUT2D eigenvalue weighted by molar-refractivity contribution is 5.84. The number of likely N-dealkylation sites (N-methyl/N-ethyl adjacent to an activating group) is 1. The fourth-order valence-corrected chi connectivity index (χ4v) is 3.40. The molecule has 1 aliphatic rings. The minimum atomic E-state index is 0.00310. The summed E-state index contributed by atoms with van der Waals surface area (Å²) < 4.78 is 5.40. The van der Waals surface area contributed by atoms with E-state index in [0.29, 0.717) is 17.9 Å². The van der Waals surface area contributed by atoms with Crippen molar-refractivity contribution in [1.82, 2.24) is 20.4 Å². The van der Waals surface area contributed by atoms with Crippen molar-refractivity contribution in [1.29, 1.82) is 0 Å². The van der Waals surface area contributed by atoms with Gasteiger partial charge in [-0.1, -0.05) is 26.7 Å². The Kier molecular flexibility index (Phi) is 12.9. The number of carbonyl (C=O) groups is 1. The third-order valence-corrected chi connectivity index (χ3v) is 5.19. The molecule has 1 aliphatic heterocycles. The predicted octanol–water partition coefficient (Wildman–Crippen LogP) is 1.94. The highest BCUT2D eigenvalue weighted by Gasteiger charge is 2.23. The molecule has 1 saturated heterocycles. The number of nitrogens with zero attached hydrogens (tertiary/aromatic N) is 3. The molecule has 0 aliphatic carbocycles. The largest absolute Gasteiger partial charge is 0.382 e. The Morgan fingerprint density at radius 1 is 1.14 bits per heavy atom. The zero-order chi connectivity index (χ0) is 20.8. The average Bonchev–Trinajstić information content (AvgIpc) is 2.94. The highest BCUT2D eigenvalue weighted by Crippen LogP contribution is 2.17. The molecule has 0 aromatic carbocycles. The van der Waals surface area contributed by atoms with Crippen LogP contribution in [-0.2, 0) is 9.53 Å². The van der Waals surface area contributed by atoms with Crippen LogP contribution < -0.4 is 10.6 Å². The first-order chi connectivity index (χ1) is 13.5. The van der Waals surface area contributed by atoms with Crippen molar-refractivity contribution >= 4 is 11.9 Å². The van der Waals surface area contributed by atoms with Gasteiger partial charge in [0.1, 0.15) is 6.54 Å². The molecule has 7 heteroatoms. The van der Waals surface area contributed by atoms with Gasteiger partial charge in [0.2, 0.25) is 5.91 Å². The minimum absolute atomic E-state index is 0.00310. The van der Waals surface area contributed by atoms with Crippen molar-refractivity contribution in [3.05, 3.63) is 0 Å². The normalized spacial score (nSPS) is 17.3. The molecule has 1 amide bonds. The monoisotopic (exact) mass is 397 g/mol. The van der Waals surface area contributed by atoms with Crippen LogP contribution in [0.5, 0.6) is 0 Å². The smallest absolute Gasteiger partial charge is 0.243 e. The summed E-state index contributed by atoms with van der Waals surface area (Å²) in [6, 6.07) is 0.470. The standard InChI is InChI=1S/C21H43N5O2/c1-6-28-15-11-12-22-21(24-17-20(27)25(4)5)23-16-19(18(2)3)26-13-9-7-8-10-14-26/h18-19H,6-17H2,1-5H3,(H2,22,23,24). The second kappa shape index (κ2) is 14.6. The van der Waals surface area contributed by atoms with Crippen molar-refractivity contribution in [2.45, 2.75) is 58.9 Å². The Morgan fingerprint density at radius 2 is 1.82 bits per heavy atom. The van der Waals surface area contributed by atoms with Gasteiger partial charge in [0, 0.05) is 46.4 Å². The van der Waals surface area contributed by atoms with Crippen molar-refractivity contribution in [3.63, 3.8) is 0 Å². The molecule has 0 aromatic rings. The van der Waals surface area contributed by atoms with Gasteiger partial charge in [-0.05, 0) is 45.2 Å². The summed E-state index contributed by atoms with van der Waals surface area (Å²) in [6.45, 7) is 12.2. The molecule has 0 bridgehead atoms. The number of guanidine groups is 1. The Bertz CT molecular complexity index is 446. The molecule has 0 radical (unpaired) electrons. The maximum absolute atomic E-state index is 11.9. The molecule has 1 heterocycles. The lowest BCUT2D eigenvalue weighted by molar-refractivity contribution is -0.127. The summed E-state index contributed by atoms with van der Waals surface area (Å²) in [6.07, 6.45) is 6.18. The predicted molar refractivity (Wildman–Crippen MR) is 117 cm³/mol. The van der Waals surface area contributed by atoms with E-state index in [4.69, 9.17) is 4.74 Å². The van der Waals surface area contributed by atoms with Gasteiger partial charge in [0.15, 0.2) is 5.96 Å². The number of hydrogen-bond acceptors (Lipinski definition) is 4. The highest BCUT2D eigenvalue weighted by atomic mass is 16.5. The fraction of sp³-hybridized carbons (Fsp3) is 0.905. The summed E-state index contributed by atoms with van der Waals surface area (Å²) >= 11 is 0. The number of rotatable bonds is 11. The maximum Gasteiger partial charge on any atom is 0.243 e. The molecule has 0 aromatic heterocycles. The second-order valence-corrected chi connectivity index (χ2v) is 8.07. The Morgan fingerprint density at radius 3 is 2.39 bits per heavy atom. The minimum Gasteiger partial charge on any atom is -0.382 e. The van der Waals surface area contributed by atoms with E-state index < -0.39 is 0 Å². The molecule has 0 saturated carbocycles. The van der Waals surface area contributed by atoms with E-state index >= 15 is 0 Å². The van der Waals surface area contributed by atoms with Gasteiger partial charge in [0.25, 0.3) is 0 Å². The number of carbonyl (C=O) groups excluding carboxylic acids is 1. The molecule has 164 valence electrons. The number of hydrogen-bond donors (Lipinski definition) is 2. The summed E-state index contributed by atoms with van der Waals surface area (Å²) in [5.74, 6) is 1.28. The van der Waals surface area contributed by atoms with Crippen LogP contribution in [0, 0.1) is 5.92 Å². The zero-order valence-electron chi connectivity index (χ0n) is 18.8. The number of likely N-dealkylation sites (tertiary alicyclic amines) is 1. The van der Waals surface area contributed by atoms with Crippen LogP contribution in [0.3, 0.4) is 0 Å². The van der Waals surface area contributed by atoms with E-state index in [2.05, 4.69) is 34.4 Å². The fourth-order valence-electron chi connectivity index (χ4n) is 3.40. The molecule has 0 spiro atoms. The Balaban J connectivity index is 2.64. The topological polar surface area (TPSA) is 69.2 Å². The van der Waals surface area contributed by atoms with Crippen LogP contribution in [-0.4, -0.2) is 87.7 Å². The number of ether oxygens (including phenoxy) is 1. The number of nitrogens with one attached hydrogen (secondary N) is 2. The van der Waals surface area contributed by atoms with Crippen LogP contribution in [0.15, 0.2) is 4.99 Å². The Labute approximate surface area is 172 Å². The molecule has 2 N–H and O–H groups in total. The van der Waals surface area contributed by atoms with Gasteiger partial charge in [-0.25, -0.2) is 4.99 Å². The van der Waals surface area contributed by atoms with Crippen LogP contribution in [0.1, 0.15) is 52.9 Å². The SMILES string of the molecule is CCOCCCNC(=NCC(=O)N(C)C)NCC(C(C)C)N1CCCCCC1. The van der Waals surface area contributed by atoms with Gasteiger partial charge < -0.3 is 20.3 Å². The molecule has 7 nitrogen and oxygen atoms in total. The Hall–Kier alpha value is -1.34. The van der Waals surface area contributed by atoms with Crippen LogP contribution >= 0.6 is 0 Å². The second-order valence-electron chi connectivity index (χ2n) is 8.07. The first-order valence-electron chi connectivity index (χ1n) is 11.0. The van der Waals surface area contributed by atoms with Gasteiger partial charge >= 0.3 is 0 Å². The van der Waals surface area contributed by atoms with Crippen LogP contribution in [0.4, 0.5) is 0 Å². The van der Waals surface area contributed by atoms with E-state index in [1.807, 2.05) is 6.92 Å². The first-order valence-corrected chi connectivity index (χ1v) is 11.0. The lowest BCUT2D eigenvalue weighted by atomic mass is 10.0. The lowest BCUT2D eigenvalue weighted by Gasteiger charge is -2.34. The molecule has 1 atom stereocenters. The zero-order valence-corrected chi connectivity index (χ0v) is 18.8. The first kappa shape index (κ1) is 24.7. The third kappa shape index (κ3) is 10.3. The summed E-state index contributed by atoms with van der Waals surface area (Å²) in [4.78, 5) is 20.6. The van der Waals surface area contributed by atoms with Crippen molar-refractivity contribution in [2.24, 2.45) is 10.9 Å². The number of amides is 1. The summed E-state index contributed by atoms with van der Waals surface area (Å²) in [7, 11) is 3.52.